The fraction of sp³-hybridized carbons (Fsp3) is 0.346. The molecule has 1 saturated heterocycles. The van der Waals surface area contributed by atoms with Crippen molar-refractivity contribution in [3.05, 3.63) is 59.8 Å². The van der Waals surface area contributed by atoms with Crippen LogP contribution < -0.4 is 15.0 Å². The number of carbonyl (C=O) groups excluding carboxylic acids is 3. The zero-order valence-electron chi connectivity index (χ0n) is 19.4. The molecular weight excluding hydrogens is 418 g/mol. The van der Waals surface area contributed by atoms with Gasteiger partial charge in [0.15, 0.2) is 0 Å². The molecule has 2 aromatic carbocycles. The fourth-order valence-electron chi connectivity index (χ4n) is 4.82. The van der Waals surface area contributed by atoms with E-state index in [2.05, 4.69) is 24.1 Å². The zero-order valence-corrected chi connectivity index (χ0v) is 19.4. The van der Waals surface area contributed by atoms with Crippen molar-refractivity contribution in [2.24, 2.45) is 11.8 Å². The molecule has 33 heavy (non-hydrogen) atoms. The number of rotatable bonds is 5. The molecule has 4 rings (SSSR count). The van der Waals surface area contributed by atoms with Crippen LogP contribution in [0.25, 0.3) is 5.57 Å². The summed E-state index contributed by atoms with van der Waals surface area (Å²) in [4.78, 5) is 42.1. The Hall–Kier alpha value is -3.61. The van der Waals surface area contributed by atoms with Gasteiger partial charge in [-0.15, -0.1) is 0 Å². The minimum absolute atomic E-state index is 0.171. The maximum absolute atomic E-state index is 13.7. The molecule has 0 spiro atoms. The Morgan fingerprint density at radius 1 is 1.00 bits per heavy atom. The Bertz CT molecular complexity index is 1110. The van der Waals surface area contributed by atoms with E-state index in [4.69, 9.17) is 4.74 Å². The van der Waals surface area contributed by atoms with Crippen LogP contribution in [0.15, 0.2) is 54.2 Å². The molecule has 2 aromatic rings. The van der Waals surface area contributed by atoms with Gasteiger partial charge in [0.05, 0.1) is 18.4 Å². The lowest BCUT2D eigenvalue weighted by molar-refractivity contribution is -0.121. The van der Waals surface area contributed by atoms with Crippen molar-refractivity contribution in [2.45, 2.75) is 27.2 Å². The van der Waals surface area contributed by atoms with Crippen LogP contribution in [0.3, 0.4) is 0 Å². The van der Waals surface area contributed by atoms with Crippen molar-refractivity contribution in [1.29, 1.82) is 0 Å². The maximum Gasteiger partial charge on any atom is 0.282 e. The summed E-state index contributed by atoms with van der Waals surface area (Å²) >= 11 is 0. The molecule has 0 radical (unpaired) electrons. The van der Waals surface area contributed by atoms with Crippen LogP contribution in [0, 0.1) is 11.8 Å². The van der Waals surface area contributed by atoms with Crippen molar-refractivity contribution < 1.29 is 19.1 Å². The highest BCUT2D eigenvalue weighted by atomic mass is 16.5. The first kappa shape index (κ1) is 22.6. The molecule has 0 aliphatic carbocycles. The molecule has 2 unspecified atom stereocenters. The lowest BCUT2D eigenvalue weighted by Gasteiger charge is -2.37. The molecule has 172 valence electrons. The number of likely N-dealkylation sites (tertiary alicyclic amines) is 1. The summed E-state index contributed by atoms with van der Waals surface area (Å²) in [6.07, 6.45) is 1.09. The third-order valence-corrected chi connectivity index (χ3v) is 6.05. The Morgan fingerprint density at radius 2 is 1.67 bits per heavy atom. The first-order valence-electron chi connectivity index (χ1n) is 11.2. The first-order valence-corrected chi connectivity index (χ1v) is 11.2. The average Bonchev–Trinajstić information content (AvgIpc) is 3.03. The van der Waals surface area contributed by atoms with Crippen molar-refractivity contribution >= 4 is 34.7 Å². The van der Waals surface area contributed by atoms with Crippen LogP contribution in [-0.4, -0.2) is 42.8 Å². The van der Waals surface area contributed by atoms with E-state index >= 15 is 0 Å². The summed E-state index contributed by atoms with van der Waals surface area (Å²) in [7, 11) is 1.55. The Morgan fingerprint density at radius 3 is 2.27 bits per heavy atom. The molecule has 3 amide bonds. The summed E-state index contributed by atoms with van der Waals surface area (Å²) in [6.45, 7) is 7.23. The summed E-state index contributed by atoms with van der Waals surface area (Å²) in [6, 6.07) is 14.0. The predicted octanol–water partition coefficient (Wildman–Crippen LogP) is 3.92. The number of hydrogen-bond acceptors (Lipinski definition) is 5. The summed E-state index contributed by atoms with van der Waals surface area (Å²) in [5.74, 6) is 0.548. The highest BCUT2D eigenvalue weighted by Gasteiger charge is 2.43. The van der Waals surface area contributed by atoms with Gasteiger partial charge in [0.1, 0.15) is 11.4 Å². The standard InChI is InChI=1S/C26H29N3O4/c1-16-12-17(2)15-28(14-16)24-23(19-8-10-20(11-9-19)27-18(3)30)25(31)29(26(24)32)21-6-5-7-22(13-21)33-4/h5-11,13,16-17H,12,14-15H2,1-4H3,(H,27,30). The number of hydrogen-bond donors (Lipinski definition) is 1. The molecule has 1 N–H and O–H groups in total. The molecule has 7 heteroatoms. The Kier molecular flexibility index (Phi) is 6.22. The Balaban J connectivity index is 1.79. The lowest BCUT2D eigenvalue weighted by atomic mass is 9.91. The third kappa shape index (κ3) is 4.49. The molecule has 2 aliphatic rings. The van der Waals surface area contributed by atoms with Crippen molar-refractivity contribution in [1.82, 2.24) is 4.90 Å². The van der Waals surface area contributed by atoms with Crippen molar-refractivity contribution in [2.75, 3.05) is 30.4 Å². The molecule has 0 saturated carbocycles. The van der Waals surface area contributed by atoms with Crippen LogP contribution >= 0.6 is 0 Å². The zero-order chi connectivity index (χ0) is 23.7. The van der Waals surface area contributed by atoms with Gasteiger partial charge in [-0.2, -0.15) is 0 Å². The van der Waals surface area contributed by atoms with Crippen molar-refractivity contribution in [3.63, 3.8) is 0 Å². The SMILES string of the molecule is COc1cccc(N2C(=O)C(c3ccc(NC(C)=O)cc3)=C(N3CC(C)CC(C)C3)C2=O)c1. The van der Waals surface area contributed by atoms with Gasteiger partial charge in [-0.1, -0.05) is 32.0 Å². The molecular formula is C26H29N3O4. The van der Waals surface area contributed by atoms with E-state index in [1.54, 1.807) is 55.6 Å². The number of piperidine rings is 1. The molecule has 1 fully saturated rings. The van der Waals surface area contributed by atoms with Gasteiger partial charge in [0.25, 0.3) is 11.8 Å². The molecule has 0 aromatic heterocycles. The number of amides is 3. The third-order valence-electron chi connectivity index (χ3n) is 6.05. The minimum Gasteiger partial charge on any atom is -0.497 e. The van der Waals surface area contributed by atoms with Crippen LogP contribution in [0.5, 0.6) is 5.75 Å². The number of methoxy groups -OCH3 is 1. The van der Waals surface area contributed by atoms with Gasteiger partial charge in [0.2, 0.25) is 5.91 Å². The van der Waals surface area contributed by atoms with Gasteiger partial charge >= 0.3 is 0 Å². The molecule has 2 heterocycles. The smallest absolute Gasteiger partial charge is 0.282 e. The van der Waals surface area contributed by atoms with Crippen LogP contribution in [0.1, 0.15) is 32.8 Å². The van der Waals surface area contributed by atoms with Gasteiger partial charge in [-0.05, 0) is 48.1 Å². The van der Waals surface area contributed by atoms with Gasteiger partial charge in [-0.25, -0.2) is 4.90 Å². The van der Waals surface area contributed by atoms with Gasteiger partial charge < -0.3 is 15.0 Å². The monoisotopic (exact) mass is 447 g/mol. The average molecular weight is 448 g/mol. The number of nitrogens with zero attached hydrogens (tertiary/aromatic N) is 2. The Labute approximate surface area is 194 Å². The quantitative estimate of drug-likeness (QED) is 0.703. The van der Waals surface area contributed by atoms with E-state index in [9.17, 15) is 14.4 Å². The van der Waals surface area contributed by atoms with Crippen molar-refractivity contribution in [3.8, 4) is 5.75 Å². The number of imide groups is 1. The maximum atomic E-state index is 13.7. The number of nitrogens with one attached hydrogen (secondary N) is 1. The topological polar surface area (TPSA) is 79.0 Å². The van der Waals surface area contributed by atoms with E-state index in [1.807, 2.05) is 0 Å². The highest BCUT2D eigenvalue weighted by molar-refractivity contribution is 6.45. The normalized spacial score (nSPS) is 21.0. The van der Waals surface area contributed by atoms with Gasteiger partial charge in [0, 0.05) is 31.8 Å². The van der Waals surface area contributed by atoms with E-state index < -0.39 is 0 Å². The fourth-order valence-corrected chi connectivity index (χ4v) is 4.82. The van der Waals surface area contributed by atoms with E-state index in [1.165, 1.54) is 11.8 Å². The van der Waals surface area contributed by atoms with Crippen LogP contribution in [0.4, 0.5) is 11.4 Å². The summed E-state index contributed by atoms with van der Waals surface area (Å²) < 4.78 is 5.30. The van der Waals surface area contributed by atoms with E-state index in [0.717, 1.165) is 19.5 Å². The predicted molar refractivity (Wildman–Crippen MR) is 128 cm³/mol. The largest absolute Gasteiger partial charge is 0.497 e. The highest BCUT2D eigenvalue weighted by Crippen LogP contribution is 2.38. The summed E-state index contributed by atoms with van der Waals surface area (Å²) in [5.41, 5.74) is 2.58. The van der Waals surface area contributed by atoms with E-state index in [-0.39, 0.29) is 17.7 Å². The molecule has 7 nitrogen and oxygen atoms in total. The molecule has 2 atom stereocenters. The summed E-state index contributed by atoms with van der Waals surface area (Å²) in [5, 5.41) is 2.73. The first-order chi connectivity index (χ1) is 15.8. The minimum atomic E-state index is -0.360. The second-order valence-corrected chi connectivity index (χ2v) is 8.98. The van der Waals surface area contributed by atoms with Crippen LogP contribution in [0.2, 0.25) is 0 Å². The second kappa shape index (κ2) is 9.10. The molecule has 2 aliphatic heterocycles. The van der Waals surface area contributed by atoms with Crippen LogP contribution in [-0.2, 0) is 14.4 Å². The van der Waals surface area contributed by atoms with E-state index in [0.29, 0.717) is 45.8 Å². The second-order valence-electron chi connectivity index (χ2n) is 8.98. The number of carbonyl (C=O) groups is 3. The lowest BCUT2D eigenvalue weighted by Crippen LogP contribution is -2.42. The number of ether oxygens (including phenoxy) is 1. The number of anilines is 2. The number of benzene rings is 2. The molecule has 0 bridgehead atoms. The van der Waals surface area contributed by atoms with Gasteiger partial charge in [-0.3, -0.25) is 14.4 Å².